The summed E-state index contributed by atoms with van der Waals surface area (Å²) < 4.78 is 7.41. The highest BCUT2D eigenvalue weighted by molar-refractivity contribution is 5.79. The fourth-order valence-electron chi connectivity index (χ4n) is 2.37. The summed E-state index contributed by atoms with van der Waals surface area (Å²) in [4.78, 5) is 11.1. The molecule has 7 nitrogen and oxygen atoms in total. The van der Waals surface area contributed by atoms with E-state index in [1.165, 1.54) is 0 Å². The van der Waals surface area contributed by atoms with Gasteiger partial charge >= 0.3 is 0 Å². The zero-order valence-electron chi connectivity index (χ0n) is 13.5. The van der Waals surface area contributed by atoms with E-state index >= 15 is 0 Å². The summed E-state index contributed by atoms with van der Waals surface area (Å²) in [6.45, 7) is 10.5. The molecule has 0 atom stereocenters. The van der Waals surface area contributed by atoms with Crippen LogP contribution in [0.5, 0.6) is 0 Å². The van der Waals surface area contributed by atoms with Gasteiger partial charge in [0.05, 0.1) is 19.5 Å². The Labute approximate surface area is 132 Å². The largest absolute Gasteiger partial charge is 0.379 e. The van der Waals surface area contributed by atoms with E-state index in [0.717, 1.165) is 71.4 Å². The smallest absolute Gasteiger partial charge is 0.191 e. The lowest BCUT2D eigenvalue weighted by atomic mass is 10.3. The lowest BCUT2D eigenvalue weighted by molar-refractivity contribution is 0.0377. The van der Waals surface area contributed by atoms with Gasteiger partial charge in [-0.05, 0) is 13.3 Å². The van der Waals surface area contributed by atoms with Gasteiger partial charge in [-0.3, -0.25) is 9.89 Å². The van der Waals surface area contributed by atoms with Crippen molar-refractivity contribution in [1.82, 2.24) is 25.1 Å². The van der Waals surface area contributed by atoms with E-state index in [9.17, 15) is 0 Å². The van der Waals surface area contributed by atoms with Crippen molar-refractivity contribution in [2.75, 3.05) is 52.5 Å². The number of morpholine rings is 1. The fourth-order valence-corrected chi connectivity index (χ4v) is 2.37. The second-order valence-corrected chi connectivity index (χ2v) is 5.30. The molecule has 7 heteroatoms. The number of hydrogen-bond donors (Lipinski definition) is 2. The van der Waals surface area contributed by atoms with Gasteiger partial charge in [0.25, 0.3) is 0 Å². The summed E-state index contributed by atoms with van der Waals surface area (Å²) >= 11 is 0. The molecule has 2 heterocycles. The van der Waals surface area contributed by atoms with Crippen LogP contribution in [0.15, 0.2) is 23.7 Å². The monoisotopic (exact) mass is 308 g/mol. The zero-order chi connectivity index (χ0) is 15.5. The van der Waals surface area contributed by atoms with Crippen LogP contribution in [0.25, 0.3) is 0 Å². The topological polar surface area (TPSA) is 66.7 Å². The second-order valence-electron chi connectivity index (χ2n) is 5.30. The number of ether oxygens (including phenoxy) is 1. The Bertz CT molecular complexity index is 414. The van der Waals surface area contributed by atoms with E-state index in [1.807, 2.05) is 12.5 Å². The summed E-state index contributed by atoms with van der Waals surface area (Å²) in [7, 11) is 0. The molecule has 0 aliphatic carbocycles. The molecule has 1 aliphatic heterocycles. The van der Waals surface area contributed by atoms with Crippen LogP contribution in [0.2, 0.25) is 0 Å². The molecule has 1 saturated heterocycles. The molecule has 1 aliphatic rings. The number of aliphatic imine (C=N–C) groups is 1. The van der Waals surface area contributed by atoms with Gasteiger partial charge in [-0.15, -0.1) is 0 Å². The van der Waals surface area contributed by atoms with Gasteiger partial charge in [0, 0.05) is 58.2 Å². The summed E-state index contributed by atoms with van der Waals surface area (Å²) in [5, 5.41) is 6.64. The Morgan fingerprint density at radius 1 is 1.27 bits per heavy atom. The summed E-state index contributed by atoms with van der Waals surface area (Å²) in [6.07, 6.45) is 6.67. The Hall–Kier alpha value is -1.60. The molecule has 0 amide bonds. The van der Waals surface area contributed by atoms with Gasteiger partial charge in [0.2, 0.25) is 0 Å². The minimum Gasteiger partial charge on any atom is -0.379 e. The second kappa shape index (κ2) is 10.2. The number of nitrogens with one attached hydrogen (secondary N) is 2. The van der Waals surface area contributed by atoms with E-state index in [-0.39, 0.29) is 0 Å². The molecule has 0 aromatic carbocycles. The van der Waals surface area contributed by atoms with Crippen molar-refractivity contribution in [1.29, 1.82) is 0 Å². The maximum atomic E-state index is 5.36. The molecule has 1 aromatic heterocycles. The van der Waals surface area contributed by atoms with Gasteiger partial charge < -0.3 is 19.9 Å². The predicted octanol–water partition coefficient (Wildman–Crippen LogP) is 0.161. The van der Waals surface area contributed by atoms with Gasteiger partial charge in [0.15, 0.2) is 5.96 Å². The van der Waals surface area contributed by atoms with Crippen molar-refractivity contribution in [3.63, 3.8) is 0 Å². The fraction of sp³-hybridized carbons (Fsp3) is 0.733. The zero-order valence-corrected chi connectivity index (χ0v) is 13.5. The first-order valence-electron chi connectivity index (χ1n) is 8.16. The quantitative estimate of drug-likeness (QED) is 0.407. The Morgan fingerprint density at radius 2 is 2.14 bits per heavy atom. The Balaban J connectivity index is 1.62. The van der Waals surface area contributed by atoms with E-state index in [2.05, 4.69) is 37.0 Å². The van der Waals surface area contributed by atoms with Crippen LogP contribution in [0.3, 0.4) is 0 Å². The SMILES string of the molecule is CCNC(=NCCCN1CCOCC1)NCCn1ccnc1. The number of hydrogen-bond acceptors (Lipinski definition) is 4. The third-order valence-corrected chi connectivity index (χ3v) is 3.57. The first kappa shape index (κ1) is 16.8. The third kappa shape index (κ3) is 6.44. The maximum absolute atomic E-state index is 5.36. The van der Waals surface area contributed by atoms with Crippen molar-refractivity contribution in [3.05, 3.63) is 18.7 Å². The van der Waals surface area contributed by atoms with E-state index in [0.29, 0.717) is 0 Å². The van der Waals surface area contributed by atoms with Gasteiger partial charge in [-0.1, -0.05) is 0 Å². The highest BCUT2D eigenvalue weighted by atomic mass is 16.5. The molecule has 124 valence electrons. The van der Waals surface area contributed by atoms with Crippen LogP contribution in [0.1, 0.15) is 13.3 Å². The highest BCUT2D eigenvalue weighted by Gasteiger charge is 2.08. The van der Waals surface area contributed by atoms with Crippen LogP contribution in [-0.2, 0) is 11.3 Å². The lowest BCUT2D eigenvalue weighted by Crippen LogP contribution is -2.39. The number of aromatic nitrogens is 2. The molecule has 1 fully saturated rings. The average Bonchev–Trinajstić information content (AvgIpc) is 3.06. The molecule has 0 unspecified atom stereocenters. The molecule has 0 radical (unpaired) electrons. The van der Waals surface area contributed by atoms with E-state index in [1.54, 1.807) is 6.20 Å². The molecule has 0 spiro atoms. The number of guanidine groups is 1. The Kier molecular flexibility index (Phi) is 7.76. The van der Waals surface area contributed by atoms with E-state index in [4.69, 9.17) is 4.74 Å². The molecule has 22 heavy (non-hydrogen) atoms. The van der Waals surface area contributed by atoms with Crippen molar-refractivity contribution < 1.29 is 4.74 Å². The van der Waals surface area contributed by atoms with Crippen molar-refractivity contribution in [2.24, 2.45) is 4.99 Å². The first-order valence-corrected chi connectivity index (χ1v) is 8.16. The van der Waals surface area contributed by atoms with Crippen LogP contribution < -0.4 is 10.6 Å². The van der Waals surface area contributed by atoms with E-state index < -0.39 is 0 Å². The minimum absolute atomic E-state index is 0.839. The third-order valence-electron chi connectivity index (χ3n) is 3.57. The molecule has 0 bridgehead atoms. The first-order chi connectivity index (χ1) is 10.9. The van der Waals surface area contributed by atoms with Gasteiger partial charge in [-0.2, -0.15) is 0 Å². The van der Waals surface area contributed by atoms with Gasteiger partial charge in [0.1, 0.15) is 0 Å². The van der Waals surface area contributed by atoms with Crippen LogP contribution >= 0.6 is 0 Å². The summed E-state index contributed by atoms with van der Waals surface area (Å²) in [6, 6.07) is 0. The normalized spacial score (nSPS) is 16.7. The van der Waals surface area contributed by atoms with Crippen molar-refractivity contribution in [2.45, 2.75) is 19.9 Å². The summed E-state index contributed by atoms with van der Waals surface area (Å²) in [5.74, 6) is 0.893. The number of nitrogens with zero attached hydrogens (tertiary/aromatic N) is 4. The molecular weight excluding hydrogens is 280 g/mol. The Morgan fingerprint density at radius 3 is 2.86 bits per heavy atom. The number of imidazole rings is 1. The van der Waals surface area contributed by atoms with Crippen LogP contribution in [0, 0.1) is 0 Å². The molecular formula is C15H28N6O. The van der Waals surface area contributed by atoms with Crippen molar-refractivity contribution >= 4 is 5.96 Å². The molecule has 2 rings (SSSR count). The van der Waals surface area contributed by atoms with Crippen molar-refractivity contribution in [3.8, 4) is 0 Å². The highest BCUT2D eigenvalue weighted by Crippen LogP contribution is 1.98. The molecule has 1 aromatic rings. The maximum Gasteiger partial charge on any atom is 0.191 e. The predicted molar refractivity (Wildman–Crippen MR) is 88.1 cm³/mol. The minimum atomic E-state index is 0.839. The number of rotatable bonds is 8. The van der Waals surface area contributed by atoms with Crippen LogP contribution in [0.4, 0.5) is 0 Å². The standard InChI is InChI=1S/C15H28N6O/c1-2-17-15(19-6-9-21-8-5-16-14-21)18-4-3-7-20-10-12-22-13-11-20/h5,8,14H,2-4,6-7,9-13H2,1H3,(H2,17,18,19). The molecule has 0 saturated carbocycles. The molecule has 2 N–H and O–H groups in total. The lowest BCUT2D eigenvalue weighted by Gasteiger charge is -2.26. The summed E-state index contributed by atoms with van der Waals surface area (Å²) in [5.41, 5.74) is 0. The van der Waals surface area contributed by atoms with Crippen LogP contribution in [-0.4, -0.2) is 72.9 Å². The average molecular weight is 308 g/mol. The van der Waals surface area contributed by atoms with Gasteiger partial charge in [-0.25, -0.2) is 4.98 Å².